The van der Waals surface area contributed by atoms with Crippen LogP contribution in [0.2, 0.25) is 0 Å². The molecule has 6 N–H and O–H groups in total. The molecule has 0 radical (unpaired) electrons. The van der Waals surface area contributed by atoms with Crippen LogP contribution in [0.15, 0.2) is 24.3 Å². The summed E-state index contributed by atoms with van der Waals surface area (Å²) in [6.45, 7) is 3.43. The van der Waals surface area contributed by atoms with E-state index in [0.29, 0.717) is 6.42 Å². The van der Waals surface area contributed by atoms with Gasteiger partial charge >= 0.3 is 10.4 Å². The van der Waals surface area contributed by atoms with Crippen molar-refractivity contribution in [1.82, 2.24) is 5.32 Å². The lowest BCUT2D eigenvalue weighted by atomic mass is 9.99. The molecule has 7 atom stereocenters. The van der Waals surface area contributed by atoms with Crippen molar-refractivity contribution in [2.24, 2.45) is 0 Å². The van der Waals surface area contributed by atoms with Crippen molar-refractivity contribution < 1.29 is 51.8 Å². The molecule has 0 saturated carbocycles. The standard InChI is InChI=1S/C57H109NO11S/c1-3-5-7-9-11-13-15-17-19-21-23-25-26-27-28-30-32-34-36-38-40-42-44-46-51(60)50(49-67-57-55(63)56(69-70(64,65)66)54(62)52(48-59)68-57)58-53(61)47-45-43-41-39-37-35-33-31-29-24-22-20-18-16-14-12-10-8-6-4-2/h24,29,44,46,50-52,54-57,59-60,62-63H,3-23,25-28,30-43,45,47-49H2,1-2H3,(H,58,61)(H,64,65,66)/b29-24-,46-44+. The molecule has 1 heterocycles. The Morgan fingerprint density at radius 3 is 1.29 bits per heavy atom. The molecule has 1 rings (SSSR count). The van der Waals surface area contributed by atoms with E-state index in [-0.39, 0.29) is 18.9 Å². The summed E-state index contributed by atoms with van der Waals surface area (Å²) in [6, 6.07) is -0.946. The van der Waals surface area contributed by atoms with Crippen molar-refractivity contribution in [1.29, 1.82) is 0 Å². The van der Waals surface area contributed by atoms with Crippen LogP contribution in [0.5, 0.6) is 0 Å². The van der Waals surface area contributed by atoms with Gasteiger partial charge in [-0.25, -0.2) is 4.18 Å². The van der Waals surface area contributed by atoms with Gasteiger partial charge in [0, 0.05) is 6.42 Å². The molecule has 7 unspecified atom stereocenters. The normalized spacial score (nSPS) is 19.7. The molecule has 1 fully saturated rings. The number of carbonyl (C=O) groups is 1. The zero-order valence-electron chi connectivity index (χ0n) is 44.9. The fourth-order valence-corrected chi connectivity index (χ4v) is 9.96. The summed E-state index contributed by atoms with van der Waals surface area (Å²) in [6.07, 6.45) is 49.3. The number of rotatable bonds is 51. The average Bonchev–Trinajstić information content (AvgIpc) is 3.33. The van der Waals surface area contributed by atoms with Gasteiger partial charge in [-0.3, -0.25) is 9.35 Å². The molecule has 1 aliphatic heterocycles. The smallest absolute Gasteiger partial charge is 0.394 e. The van der Waals surface area contributed by atoms with Crippen molar-refractivity contribution in [2.45, 2.75) is 320 Å². The van der Waals surface area contributed by atoms with E-state index in [9.17, 15) is 38.2 Å². The van der Waals surface area contributed by atoms with Gasteiger partial charge in [0.2, 0.25) is 5.91 Å². The zero-order chi connectivity index (χ0) is 51.2. The zero-order valence-corrected chi connectivity index (χ0v) is 45.7. The van der Waals surface area contributed by atoms with Crippen LogP contribution in [-0.4, -0.2) is 95.4 Å². The Hall–Kier alpha value is -1.42. The van der Waals surface area contributed by atoms with E-state index in [1.807, 2.05) is 6.08 Å². The molecule has 70 heavy (non-hydrogen) atoms. The highest BCUT2D eigenvalue weighted by Gasteiger charge is 2.48. The van der Waals surface area contributed by atoms with E-state index >= 15 is 0 Å². The summed E-state index contributed by atoms with van der Waals surface area (Å²) in [7, 11) is -5.09. The first-order valence-corrected chi connectivity index (χ1v) is 30.6. The second-order valence-corrected chi connectivity index (χ2v) is 21.6. The summed E-state index contributed by atoms with van der Waals surface area (Å²) in [4.78, 5) is 13.1. The third kappa shape index (κ3) is 39.1. The first-order chi connectivity index (χ1) is 34.0. The Labute approximate surface area is 429 Å². The van der Waals surface area contributed by atoms with Gasteiger partial charge in [0.1, 0.15) is 24.4 Å². The quantitative estimate of drug-likeness (QED) is 0.0193. The number of aliphatic hydroxyl groups excluding tert-OH is 4. The van der Waals surface area contributed by atoms with Crippen LogP contribution in [0.25, 0.3) is 0 Å². The molecule has 1 saturated heterocycles. The van der Waals surface area contributed by atoms with Crippen molar-refractivity contribution in [2.75, 3.05) is 13.2 Å². The monoisotopic (exact) mass is 1020 g/mol. The van der Waals surface area contributed by atoms with Gasteiger partial charge in [-0.2, -0.15) is 8.42 Å². The summed E-state index contributed by atoms with van der Waals surface area (Å²) in [5.41, 5.74) is 0. The van der Waals surface area contributed by atoms with Gasteiger partial charge in [0.05, 0.1) is 25.4 Å². The molecule has 12 nitrogen and oxygen atoms in total. The number of ether oxygens (including phenoxy) is 2. The van der Waals surface area contributed by atoms with E-state index in [4.69, 9.17) is 9.47 Å². The topological polar surface area (TPSA) is 192 Å². The first-order valence-electron chi connectivity index (χ1n) is 29.2. The number of carbonyl (C=O) groups excluding carboxylic acids is 1. The molecule has 0 aromatic rings. The number of amides is 1. The van der Waals surface area contributed by atoms with Gasteiger partial charge in [-0.15, -0.1) is 0 Å². The predicted molar refractivity (Wildman–Crippen MR) is 287 cm³/mol. The molecule has 1 amide bonds. The summed E-state index contributed by atoms with van der Waals surface area (Å²) in [5.74, 6) is -0.263. The molecular weight excluding hydrogens is 907 g/mol. The number of aliphatic hydroxyl groups is 4. The largest absolute Gasteiger partial charge is 0.397 e. The van der Waals surface area contributed by atoms with Crippen molar-refractivity contribution in [3.05, 3.63) is 24.3 Å². The van der Waals surface area contributed by atoms with Gasteiger partial charge in [0.25, 0.3) is 0 Å². The molecule has 13 heteroatoms. The maximum Gasteiger partial charge on any atom is 0.397 e. The first kappa shape index (κ1) is 66.6. The fraction of sp³-hybridized carbons (Fsp3) is 0.912. The van der Waals surface area contributed by atoms with E-state index in [2.05, 4.69) is 35.5 Å². The maximum absolute atomic E-state index is 13.1. The minimum atomic E-state index is -5.09. The van der Waals surface area contributed by atoms with Gasteiger partial charge in [-0.05, 0) is 44.9 Å². The Bertz CT molecular complexity index is 1330. The van der Waals surface area contributed by atoms with Crippen LogP contribution in [0.3, 0.4) is 0 Å². The van der Waals surface area contributed by atoms with Gasteiger partial charge in [-0.1, -0.05) is 250 Å². The number of allylic oxidation sites excluding steroid dienone is 3. The number of hydrogen-bond donors (Lipinski definition) is 6. The van der Waals surface area contributed by atoms with Crippen molar-refractivity contribution >= 4 is 16.3 Å². The highest BCUT2D eigenvalue weighted by atomic mass is 32.3. The van der Waals surface area contributed by atoms with Gasteiger partial charge in [0.15, 0.2) is 6.29 Å². The van der Waals surface area contributed by atoms with Crippen LogP contribution in [-0.2, 0) is 28.9 Å². The van der Waals surface area contributed by atoms with Gasteiger partial charge < -0.3 is 35.2 Å². The summed E-state index contributed by atoms with van der Waals surface area (Å²) < 4.78 is 47.9. The van der Waals surface area contributed by atoms with Crippen LogP contribution in [0.4, 0.5) is 0 Å². The van der Waals surface area contributed by atoms with Crippen LogP contribution in [0, 0.1) is 0 Å². The predicted octanol–water partition coefficient (Wildman–Crippen LogP) is 13.6. The van der Waals surface area contributed by atoms with E-state index in [1.165, 1.54) is 205 Å². The van der Waals surface area contributed by atoms with Crippen LogP contribution in [0.1, 0.15) is 277 Å². The summed E-state index contributed by atoms with van der Waals surface area (Å²) in [5, 5.41) is 45.0. The number of hydrogen-bond acceptors (Lipinski definition) is 10. The Morgan fingerprint density at radius 2 is 0.914 bits per heavy atom. The average molecular weight is 1020 g/mol. The molecule has 0 spiro atoms. The number of nitrogens with one attached hydrogen (secondary N) is 1. The molecule has 0 aromatic carbocycles. The SMILES string of the molecule is CCCCCCCCCCC/C=C\CCCCCCCCCC(=O)NC(COC1OC(CO)C(O)C(OS(=O)(=O)O)C1O)C(O)/C=C/CCCCCCCCCCCCCCCCCCCCCCC. The van der Waals surface area contributed by atoms with Crippen molar-refractivity contribution in [3.63, 3.8) is 0 Å². The molecule has 1 aliphatic rings. The Kier molecular flexibility index (Phi) is 45.0. The maximum atomic E-state index is 13.1. The molecule has 0 aliphatic carbocycles. The van der Waals surface area contributed by atoms with Crippen molar-refractivity contribution in [3.8, 4) is 0 Å². The lowest BCUT2D eigenvalue weighted by molar-refractivity contribution is -0.298. The third-order valence-corrected chi connectivity index (χ3v) is 14.4. The molecule has 414 valence electrons. The van der Waals surface area contributed by atoms with E-state index < -0.39 is 59.9 Å². The molecular formula is C57H109NO11S. The van der Waals surface area contributed by atoms with E-state index in [1.54, 1.807) is 6.08 Å². The minimum absolute atomic E-state index is 0.263. The lowest BCUT2D eigenvalue weighted by Gasteiger charge is -2.41. The highest BCUT2D eigenvalue weighted by Crippen LogP contribution is 2.26. The lowest BCUT2D eigenvalue weighted by Crippen LogP contribution is -2.61. The van der Waals surface area contributed by atoms with Crippen LogP contribution < -0.4 is 5.32 Å². The number of unbranched alkanes of at least 4 members (excludes halogenated alkanes) is 37. The fourth-order valence-electron chi connectivity index (χ4n) is 9.45. The Morgan fingerprint density at radius 1 is 0.557 bits per heavy atom. The molecule has 0 aromatic heterocycles. The molecule has 0 bridgehead atoms. The van der Waals surface area contributed by atoms with Crippen LogP contribution >= 0.6 is 0 Å². The second kappa shape index (κ2) is 47.3. The highest BCUT2D eigenvalue weighted by molar-refractivity contribution is 7.80. The minimum Gasteiger partial charge on any atom is -0.394 e. The van der Waals surface area contributed by atoms with E-state index in [0.717, 1.165) is 44.9 Å². The third-order valence-electron chi connectivity index (χ3n) is 14.0. The summed E-state index contributed by atoms with van der Waals surface area (Å²) >= 11 is 0. The second-order valence-electron chi connectivity index (χ2n) is 20.6. The Balaban J connectivity index is 2.38.